The van der Waals surface area contributed by atoms with Crippen molar-refractivity contribution >= 4 is 28.3 Å². The van der Waals surface area contributed by atoms with Crippen LogP contribution in [0.1, 0.15) is 5.56 Å². The summed E-state index contributed by atoms with van der Waals surface area (Å²) in [6, 6.07) is 11.5. The van der Waals surface area contributed by atoms with Gasteiger partial charge in [-0.15, -0.1) is 12.6 Å². The van der Waals surface area contributed by atoms with Crippen molar-refractivity contribution in [1.82, 2.24) is 4.31 Å². The van der Waals surface area contributed by atoms with Crippen LogP contribution in [-0.2, 0) is 15.6 Å². The molecule has 1 atom stereocenters. The Hall–Kier alpha value is -1.79. The van der Waals surface area contributed by atoms with Gasteiger partial charge in [-0.05, 0) is 29.8 Å². The first-order chi connectivity index (χ1) is 14.0. The van der Waals surface area contributed by atoms with Gasteiger partial charge in [0.15, 0.2) is 0 Å². The molecular weight excluding hydrogens is 441 g/mol. The zero-order valence-electron chi connectivity index (χ0n) is 15.7. The Bertz CT molecular complexity index is 992. The third-order valence-corrected chi connectivity index (χ3v) is 7.63. The Morgan fingerprint density at radius 3 is 2.03 bits per heavy atom. The molecule has 11 heteroatoms. The fourth-order valence-electron chi connectivity index (χ4n) is 3.29. The van der Waals surface area contributed by atoms with Gasteiger partial charge in [0.05, 0.1) is 11.5 Å². The van der Waals surface area contributed by atoms with Crippen LogP contribution in [0.3, 0.4) is 0 Å². The van der Waals surface area contributed by atoms with E-state index in [0.717, 1.165) is 12.1 Å². The predicted octanol–water partition coefficient (Wildman–Crippen LogP) is 2.23. The molecule has 0 aromatic heterocycles. The Balaban J connectivity index is 1.72. The average Bonchev–Trinajstić information content (AvgIpc) is 2.72. The van der Waals surface area contributed by atoms with Crippen LogP contribution in [0.25, 0.3) is 0 Å². The van der Waals surface area contributed by atoms with Gasteiger partial charge in [0, 0.05) is 36.8 Å². The molecule has 1 heterocycles. The molecule has 0 radical (unpaired) electrons. The number of thiol groups is 1. The zero-order chi connectivity index (χ0) is 22.2. The predicted molar refractivity (Wildman–Crippen MR) is 108 cm³/mol. The standard InChI is InChI=1S/C19H21F3N2O4S2/c20-19(21,22)18(26,13-25)14-5-7-15(8-6-14)23-9-11-24(12-10-23)30(27,28)17-4-2-1-3-16(17)29/h1-8,25-26,29H,9-13H2/t18-/m1/s1. The smallest absolute Gasteiger partial charge is 0.393 e. The van der Waals surface area contributed by atoms with Crippen molar-refractivity contribution in [2.24, 2.45) is 0 Å². The highest BCUT2D eigenvalue weighted by molar-refractivity contribution is 7.90. The van der Waals surface area contributed by atoms with Crippen molar-refractivity contribution in [3.8, 4) is 0 Å². The zero-order valence-corrected chi connectivity index (χ0v) is 17.5. The summed E-state index contributed by atoms with van der Waals surface area (Å²) >= 11 is 4.21. The number of sulfonamides is 1. The first-order valence-corrected chi connectivity index (χ1v) is 10.9. The monoisotopic (exact) mass is 462 g/mol. The molecule has 0 spiro atoms. The first-order valence-electron chi connectivity index (χ1n) is 9.04. The van der Waals surface area contributed by atoms with E-state index in [0.29, 0.717) is 23.7 Å². The largest absolute Gasteiger partial charge is 0.423 e. The maximum atomic E-state index is 13.1. The van der Waals surface area contributed by atoms with Gasteiger partial charge in [-0.25, -0.2) is 8.42 Å². The molecule has 2 aromatic carbocycles. The van der Waals surface area contributed by atoms with Crippen LogP contribution in [0.2, 0.25) is 0 Å². The molecule has 0 amide bonds. The van der Waals surface area contributed by atoms with E-state index in [2.05, 4.69) is 12.6 Å². The number of aliphatic hydroxyl groups excluding tert-OH is 1. The van der Waals surface area contributed by atoms with Crippen LogP contribution < -0.4 is 4.90 Å². The molecule has 164 valence electrons. The minimum atomic E-state index is -5.02. The summed E-state index contributed by atoms with van der Waals surface area (Å²) in [6.45, 7) is -0.392. The van der Waals surface area contributed by atoms with Crippen molar-refractivity contribution in [3.63, 3.8) is 0 Å². The molecule has 0 bridgehead atoms. The number of hydrogen-bond acceptors (Lipinski definition) is 6. The minimum absolute atomic E-state index is 0.126. The summed E-state index contributed by atoms with van der Waals surface area (Å²) in [5.41, 5.74) is -3.21. The van der Waals surface area contributed by atoms with E-state index in [1.165, 1.54) is 22.5 Å². The first kappa shape index (κ1) is 22.9. The number of halogens is 3. The molecule has 2 N–H and O–H groups in total. The Morgan fingerprint density at radius 1 is 0.967 bits per heavy atom. The van der Waals surface area contributed by atoms with Gasteiger partial charge in [-0.2, -0.15) is 17.5 Å². The number of aliphatic hydroxyl groups is 2. The summed E-state index contributed by atoms with van der Waals surface area (Å²) in [6.07, 6.45) is -5.02. The summed E-state index contributed by atoms with van der Waals surface area (Å²) in [4.78, 5) is 2.33. The molecule has 0 unspecified atom stereocenters. The molecule has 1 fully saturated rings. The highest BCUT2D eigenvalue weighted by Crippen LogP contribution is 2.39. The highest BCUT2D eigenvalue weighted by Gasteiger charge is 2.54. The number of nitrogens with zero attached hydrogens (tertiary/aromatic N) is 2. The third-order valence-electron chi connectivity index (χ3n) is 5.13. The van der Waals surface area contributed by atoms with E-state index < -0.39 is 34.0 Å². The number of alkyl halides is 3. The van der Waals surface area contributed by atoms with Crippen molar-refractivity contribution in [2.75, 3.05) is 37.7 Å². The van der Waals surface area contributed by atoms with E-state index in [4.69, 9.17) is 5.11 Å². The van der Waals surface area contributed by atoms with Crippen LogP contribution in [0, 0.1) is 0 Å². The van der Waals surface area contributed by atoms with Gasteiger partial charge < -0.3 is 15.1 Å². The van der Waals surface area contributed by atoms with Gasteiger partial charge in [0.1, 0.15) is 0 Å². The SMILES string of the molecule is O=S(=O)(c1ccccc1S)N1CCN(c2ccc([C@](O)(CO)C(F)(F)F)cc2)CC1. The molecule has 3 rings (SSSR count). The van der Waals surface area contributed by atoms with Crippen LogP contribution in [0.15, 0.2) is 58.3 Å². The van der Waals surface area contributed by atoms with Gasteiger partial charge in [-0.3, -0.25) is 0 Å². The Kier molecular flexibility index (Phi) is 6.40. The van der Waals surface area contributed by atoms with Crippen LogP contribution in [0.4, 0.5) is 18.9 Å². The van der Waals surface area contributed by atoms with Crippen molar-refractivity contribution in [2.45, 2.75) is 21.6 Å². The maximum Gasteiger partial charge on any atom is 0.423 e. The molecule has 0 aliphatic carbocycles. The second-order valence-corrected chi connectivity index (χ2v) is 9.31. The number of rotatable bonds is 5. The highest BCUT2D eigenvalue weighted by atomic mass is 32.2. The lowest BCUT2D eigenvalue weighted by Crippen LogP contribution is -2.48. The fourth-order valence-corrected chi connectivity index (χ4v) is 5.31. The summed E-state index contributed by atoms with van der Waals surface area (Å²) < 4.78 is 66.3. The minimum Gasteiger partial charge on any atom is -0.393 e. The van der Waals surface area contributed by atoms with E-state index in [-0.39, 0.29) is 18.0 Å². The average molecular weight is 463 g/mol. The molecule has 1 aliphatic heterocycles. The Labute approximate surface area is 178 Å². The number of piperazine rings is 1. The quantitative estimate of drug-likeness (QED) is 0.594. The van der Waals surface area contributed by atoms with Gasteiger partial charge in [0.25, 0.3) is 0 Å². The molecule has 0 saturated carbocycles. The number of hydrogen-bond donors (Lipinski definition) is 3. The topological polar surface area (TPSA) is 81.1 Å². The summed E-state index contributed by atoms with van der Waals surface area (Å²) in [5, 5.41) is 18.9. The van der Waals surface area contributed by atoms with Crippen LogP contribution in [0.5, 0.6) is 0 Å². The lowest BCUT2D eigenvalue weighted by Gasteiger charge is -2.36. The van der Waals surface area contributed by atoms with E-state index >= 15 is 0 Å². The molecule has 6 nitrogen and oxygen atoms in total. The van der Waals surface area contributed by atoms with Crippen LogP contribution in [-0.4, -0.2) is 61.9 Å². The normalized spacial score (nSPS) is 18.3. The fraction of sp³-hybridized carbons (Fsp3) is 0.368. The molecule has 1 saturated heterocycles. The van der Waals surface area contributed by atoms with Gasteiger partial charge in [-0.1, -0.05) is 24.3 Å². The Morgan fingerprint density at radius 2 is 1.53 bits per heavy atom. The van der Waals surface area contributed by atoms with Gasteiger partial charge in [0.2, 0.25) is 15.6 Å². The molecular formula is C19H21F3N2O4S2. The molecule has 2 aromatic rings. The summed E-state index contributed by atoms with van der Waals surface area (Å²) in [5.74, 6) is 0. The third kappa shape index (κ3) is 4.17. The summed E-state index contributed by atoms with van der Waals surface area (Å²) in [7, 11) is -3.70. The van der Waals surface area contributed by atoms with Crippen molar-refractivity contribution in [3.05, 3.63) is 54.1 Å². The molecule has 1 aliphatic rings. The second-order valence-electron chi connectivity index (χ2n) is 6.92. The van der Waals surface area contributed by atoms with E-state index in [1.807, 2.05) is 4.90 Å². The second kappa shape index (κ2) is 8.39. The number of anilines is 1. The van der Waals surface area contributed by atoms with Gasteiger partial charge >= 0.3 is 6.18 Å². The van der Waals surface area contributed by atoms with Crippen molar-refractivity contribution < 1.29 is 31.8 Å². The lowest BCUT2D eigenvalue weighted by molar-refractivity contribution is -0.277. The van der Waals surface area contributed by atoms with E-state index in [9.17, 15) is 26.7 Å². The van der Waals surface area contributed by atoms with Crippen molar-refractivity contribution in [1.29, 1.82) is 0 Å². The maximum absolute atomic E-state index is 13.1. The van der Waals surface area contributed by atoms with E-state index in [1.54, 1.807) is 18.2 Å². The lowest BCUT2D eigenvalue weighted by atomic mass is 9.94. The number of benzene rings is 2. The van der Waals surface area contributed by atoms with Crippen LogP contribution >= 0.6 is 12.6 Å². The molecule has 30 heavy (non-hydrogen) atoms.